The Morgan fingerprint density at radius 3 is 2.15 bits per heavy atom. The van der Waals surface area contributed by atoms with Gasteiger partial charge in [0.1, 0.15) is 0 Å². The highest BCUT2D eigenvalue weighted by Crippen LogP contribution is 2.29. The summed E-state index contributed by atoms with van der Waals surface area (Å²) >= 11 is 0. The average molecular weight is 451 g/mol. The van der Waals surface area contributed by atoms with E-state index in [1.54, 1.807) is 22.9 Å². The van der Waals surface area contributed by atoms with E-state index in [4.69, 9.17) is 9.47 Å². The van der Waals surface area contributed by atoms with Crippen LogP contribution in [0.1, 0.15) is 35.6 Å². The predicted octanol–water partition coefficient (Wildman–Crippen LogP) is 3.04. The van der Waals surface area contributed by atoms with Gasteiger partial charge in [-0.3, -0.25) is 4.79 Å². The Labute approximate surface area is 193 Å². The highest BCUT2D eigenvalue weighted by Gasteiger charge is 2.24. The summed E-state index contributed by atoms with van der Waals surface area (Å²) in [6, 6.07) is 11.3. The van der Waals surface area contributed by atoms with Crippen LogP contribution in [-0.4, -0.2) is 70.2 Å². The number of hydrogen-bond donors (Lipinski definition) is 0. The molecule has 1 aliphatic rings. The number of ether oxygens (including phenoxy) is 2. The van der Waals surface area contributed by atoms with Crippen molar-refractivity contribution in [2.75, 3.05) is 44.3 Å². The van der Waals surface area contributed by atoms with Gasteiger partial charge in [0.15, 0.2) is 23.1 Å². The van der Waals surface area contributed by atoms with E-state index in [0.29, 0.717) is 62.3 Å². The second kappa shape index (κ2) is 9.89. The van der Waals surface area contributed by atoms with Crippen LogP contribution in [-0.2, 0) is 0 Å². The summed E-state index contributed by atoms with van der Waals surface area (Å²) in [6.07, 6.45) is 0. The van der Waals surface area contributed by atoms with E-state index in [-0.39, 0.29) is 5.91 Å². The van der Waals surface area contributed by atoms with E-state index in [1.807, 2.05) is 50.8 Å². The van der Waals surface area contributed by atoms with Crippen LogP contribution in [0.4, 0.5) is 5.82 Å². The summed E-state index contributed by atoms with van der Waals surface area (Å²) in [5.74, 6) is 2.74. The minimum Gasteiger partial charge on any atom is -0.490 e. The van der Waals surface area contributed by atoms with Gasteiger partial charge in [-0.25, -0.2) is 4.68 Å². The van der Waals surface area contributed by atoms with Crippen LogP contribution in [0.25, 0.3) is 5.82 Å². The van der Waals surface area contributed by atoms with Crippen molar-refractivity contribution in [3.8, 4) is 17.3 Å². The fourth-order valence-corrected chi connectivity index (χ4v) is 3.97. The van der Waals surface area contributed by atoms with Gasteiger partial charge in [-0.05, 0) is 64.1 Å². The number of amides is 1. The number of benzene rings is 1. The first-order chi connectivity index (χ1) is 16.0. The molecule has 0 unspecified atom stereocenters. The summed E-state index contributed by atoms with van der Waals surface area (Å²) < 4.78 is 13.1. The molecule has 3 aromatic rings. The molecule has 0 spiro atoms. The number of hydrogen-bond acceptors (Lipinski definition) is 7. The second-order valence-electron chi connectivity index (χ2n) is 7.90. The molecule has 33 heavy (non-hydrogen) atoms. The topological polar surface area (TPSA) is 85.6 Å². The first-order valence-corrected chi connectivity index (χ1v) is 11.3. The standard InChI is InChI=1S/C24H30N6O3/c1-5-32-20-8-7-19(16-21(20)33-6-2)24(31)29-13-11-28(12-14-29)22-9-10-23(26-25-22)30-18(4)15-17(3)27-30/h7-10,15-16H,5-6,11-14H2,1-4H3. The summed E-state index contributed by atoms with van der Waals surface area (Å²) in [5, 5.41) is 13.2. The van der Waals surface area contributed by atoms with E-state index < -0.39 is 0 Å². The van der Waals surface area contributed by atoms with Gasteiger partial charge >= 0.3 is 0 Å². The highest BCUT2D eigenvalue weighted by molar-refractivity contribution is 5.95. The molecule has 1 aliphatic heterocycles. The molecule has 9 heteroatoms. The van der Waals surface area contributed by atoms with Crippen molar-refractivity contribution in [3.63, 3.8) is 0 Å². The van der Waals surface area contributed by atoms with Gasteiger partial charge in [-0.1, -0.05) is 0 Å². The number of anilines is 1. The number of rotatable bonds is 7. The first kappa shape index (κ1) is 22.6. The van der Waals surface area contributed by atoms with E-state index >= 15 is 0 Å². The molecule has 1 aromatic carbocycles. The number of carbonyl (C=O) groups is 1. The third kappa shape index (κ3) is 4.92. The summed E-state index contributed by atoms with van der Waals surface area (Å²) in [7, 11) is 0. The van der Waals surface area contributed by atoms with Crippen LogP contribution < -0.4 is 14.4 Å². The van der Waals surface area contributed by atoms with E-state index in [9.17, 15) is 4.79 Å². The molecular formula is C24H30N6O3. The zero-order valence-corrected chi connectivity index (χ0v) is 19.6. The molecule has 0 radical (unpaired) electrons. The Kier molecular flexibility index (Phi) is 6.76. The summed E-state index contributed by atoms with van der Waals surface area (Å²) in [6.45, 7) is 11.4. The molecular weight excluding hydrogens is 420 g/mol. The minimum absolute atomic E-state index is 0.00962. The number of aromatic nitrogens is 4. The molecule has 1 amide bonds. The fraction of sp³-hybridized carbons (Fsp3) is 0.417. The van der Waals surface area contributed by atoms with Crippen molar-refractivity contribution in [3.05, 3.63) is 53.3 Å². The first-order valence-electron chi connectivity index (χ1n) is 11.3. The lowest BCUT2D eigenvalue weighted by atomic mass is 10.1. The normalized spacial score (nSPS) is 13.8. The average Bonchev–Trinajstić information content (AvgIpc) is 3.18. The zero-order valence-electron chi connectivity index (χ0n) is 19.6. The maximum Gasteiger partial charge on any atom is 0.254 e. The Balaban J connectivity index is 1.40. The molecule has 1 saturated heterocycles. The maximum atomic E-state index is 13.1. The summed E-state index contributed by atoms with van der Waals surface area (Å²) in [4.78, 5) is 17.1. The van der Waals surface area contributed by atoms with Gasteiger partial charge in [0.25, 0.3) is 5.91 Å². The van der Waals surface area contributed by atoms with E-state index in [0.717, 1.165) is 17.2 Å². The van der Waals surface area contributed by atoms with Gasteiger partial charge in [0.2, 0.25) is 0 Å². The Morgan fingerprint density at radius 2 is 1.55 bits per heavy atom. The number of carbonyl (C=O) groups excluding carboxylic acids is 1. The lowest BCUT2D eigenvalue weighted by Gasteiger charge is -2.35. The number of piperazine rings is 1. The van der Waals surface area contributed by atoms with Crippen molar-refractivity contribution in [1.82, 2.24) is 24.9 Å². The van der Waals surface area contributed by atoms with Gasteiger partial charge in [0.05, 0.1) is 18.9 Å². The van der Waals surface area contributed by atoms with Gasteiger partial charge in [-0.15, -0.1) is 10.2 Å². The molecule has 0 bridgehead atoms. The summed E-state index contributed by atoms with van der Waals surface area (Å²) in [5.41, 5.74) is 2.56. The third-order valence-corrected chi connectivity index (χ3v) is 5.54. The van der Waals surface area contributed by atoms with Crippen LogP contribution >= 0.6 is 0 Å². The van der Waals surface area contributed by atoms with Gasteiger partial charge < -0.3 is 19.3 Å². The van der Waals surface area contributed by atoms with Crippen LogP contribution in [0.2, 0.25) is 0 Å². The third-order valence-electron chi connectivity index (χ3n) is 5.54. The van der Waals surface area contributed by atoms with Crippen molar-refractivity contribution in [2.45, 2.75) is 27.7 Å². The number of aryl methyl sites for hydroxylation is 2. The van der Waals surface area contributed by atoms with Gasteiger partial charge in [0, 0.05) is 37.4 Å². The molecule has 3 heterocycles. The lowest BCUT2D eigenvalue weighted by molar-refractivity contribution is 0.0746. The zero-order chi connectivity index (χ0) is 23.4. The van der Waals surface area contributed by atoms with Crippen LogP contribution in [0.3, 0.4) is 0 Å². The Hall–Kier alpha value is -3.62. The number of nitrogens with zero attached hydrogens (tertiary/aromatic N) is 6. The van der Waals surface area contributed by atoms with Crippen molar-refractivity contribution < 1.29 is 14.3 Å². The van der Waals surface area contributed by atoms with Crippen molar-refractivity contribution >= 4 is 11.7 Å². The predicted molar refractivity (Wildman–Crippen MR) is 126 cm³/mol. The van der Waals surface area contributed by atoms with E-state index in [2.05, 4.69) is 20.2 Å². The molecule has 0 atom stereocenters. The Bertz CT molecular complexity index is 1100. The quantitative estimate of drug-likeness (QED) is 0.547. The van der Waals surface area contributed by atoms with Crippen molar-refractivity contribution in [1.29, 1.82) is 0 Å². The van der Waals surface area contributed by atoms with Crippen molar-refractivity contribution in [2.24, 2.45) is 0 Å². The molecule has 4 rings (SSSR count). The maximum absolute atomic E-state index is 13.1. The monoisotopic (exact) mass is 450 g/mol. The van der Waals surface area contributed by atoms with Gasteiger partial charge in [-0.2, -0.15) is 5.10 Å². The minimum atomic E-state index is -0.00962. The molecule has 1 fully saturated rings. The van der Waals surface area contributed by atoms with E-state index in [1.165, 1.54) is 0 Å². The highest BCUT2D eigenvalue weighted by atomic mass is 16.5. The Morgan fingerprint density at radius 1 is 0.879 bits per heavy atom. The SMILES string of the molecule is CCOc1ccc(C(=O)N2CCN(c3ccc(-n4nc(C)cc4C)nn3)CC2)cc1OCC. The van der Waals surface area contributed by atoms with Crippen LogP contribution in [0, 0.1) is 13.8 Å². The second-order valence-corrected chi connectivity index (χ2v) is 7.90. The molecule has 9 nitrogen and oxygen atoms in total. The molecule has 0 aliphatic carbocycles. The lowest BCUT2D eigenvalue weighted by Crippen LogP contribution is -2.49. The smallest absolute Gasteiger partial charge is 0.254 e. The molecule has 174 valence electrons. The largest absolute Gasteiger partial charge is 0.490 e. The molecule has 2 aromatic heterocycles. The van der Waals surface area contributed by atoms with Crippen LogP contribution in [0.5, 0.6) is 11.5 Å². The fourth-order valence-electron chi connectivity index (χ4n) is 3.97. The molecule has 0 saturated carbocycles. The molecule has 0 N–H and O–H groups in total. The van der Waals surface area contributed by atoms with Crippen LogP contribution in [0.15, 0.2) is 36.4 Å².